The Morgan fingerprint density at radius 1 is 1.32 bits per heavy atom. The van der Waals surface area contributed by atoms with Gasteiger partial charge in [0.05, 0.1) is 11.1 Å². The third-order valence-corrected chi connectivity index (χ3v) is 4.76. The lowest BCUT2D eigenvalue weighted by molar-refractivity contribution is -0.138. The Morgan fingerprint density at radius 2 is 2.00 bits per heavy atom. The first-order valence-corrected chi connectivity index (χ1v) is 7.47. The summed E-state index contributed by atoms with van der Waals surface area (Å²) in [6, 6.07) is 0.838. The Kier molecular flexibility index (Phi) is 3.84. The normalized spacial score (nSPS) is 20.9. The van der Waals surface area contributed by atoms with Crippen molar-refractivity contribution < 1.29 is 18.0 Å². The van der Waals surface area contributed by atoms with E-state index in [1.54, 1.807) is 0 Å². The number of hydrogen-bond acceptors (Lipinski definition) is 3. The van der Waals surface area contributed by atoms with Gasteiger partial charge in [0, 0.05) is 24.5 Å². The van der Waals surface area contributed by atoms with Crippen molar-refractivity contribution >= 4 is 5.91 Å². The predicted molar refractivity (Wildman–Crippen MR) is 74.3 cm³/mol. The number of fused-ring (bicyclic) bond motifs is 1. The Morgan fingerprint density at radius 3 is 2.64 bits per heavy atom. The summed E-state index contributed by atoms with van der Waals surface area (Å²) in [5.74, 6) is -0.700. The van der Waals surface area contributed by atoms with Crippen molar-refractivity contribution in [3.8, 4) is 0 Å². The maximum Gasteiger partial charge on any atom is 0.417 e. The fourth-order valence-corrected chi connectivity index (χ4v) is 3.68. The molecule has 0 bridgehead atoms. The molecule has 1 aromatic heterocycles. The van der Waals surface area contributed by atoms with E-state index in [4.69, 9.17) is 0 Å². The van der Waals surface area contributed by atoms with Crippen molar-refractivity contribution in [2.45, 2.75) is 37.4 Å². The smallest absolute Gasteiger partial charge is 0.350 e. The molecule has 22 heavy (non-hydrogen) atoms. The van der Waals surface area contributed by atoms with Crippen LogP contribution in [0.4, 0.5) is 13.2 Å². The van der Waals surface area contributed by atoms with Gasteiger partial charge in [-0.15, -0.1) is 0 Å². The van der Waals surface area contributed by atoms with Gasteiger partial charge in [-0.1, -0.05) is 0 Å². The second-order valence-electron chi connectivity index (χ2n) is 6.02. The fourth-order valence-electron chi connectivity index (χ4n) is 3.68. The van der Waals surface area contributed by atoms with Crippen molar-refractivity contribution in [2.75, 3.05) is 19.6 Å². The van der Waals surface area contributed by atoms with E-state index in [0.717, 1.165) is 57.2 Å². The molecule has 0 saturated carbocycles. The molecule has 3 rings (SSSR count). The average Bonchev–Trinajstić information content (AvgIpc) is 3.03. The lowest BCUT2D eigenvalue weighted by Crippen LogP contribution is -2.48. The van der Waals surface area contributed by atoms with Gasteiger partial charge in [-0.25, -0.2) is 0 Å². The molecule has 2 fully saturated rings. The van der Waals surface area contributed by atoms with Crippen LogP contribution in [0.25, 0.3) is 0 Å². The maximum absolute atomic E-state index is 12.9. The number of alkyl halides is 3. The number of rotatable bonds is 3. The number of nitrogens with zero attached hydrogens (tertiary/aromatic N) is 2. The SMILES string of the molecule is O=C(NCC12CCCN1CCC2)c1cnccc1C(F)(F)F. The summed E-state index contributed by atoms with van der Waals surface area (Å²) in [6.45, 7) is 2.42. The zero-order valence-electron chi connectivity index (χ0n) is 12.1. The highest BCUT2D eigenvalue weighted by atomic mass is 19.4. The molecule has 1 aromatic rings. The number of carbonyl (C=O) groups is 1. The number of pyridine rings is 1. The van der Waals surface area contributed by atoms with Crippen LogP contribution in [0.1, 0.15) is 41.6 Å². The molecule has 3 heterocycles. The summed E-state index contributed by atoms with van der Waals surface area (Å²) >= 11 is 0. The van der Waals surface area contributed by atoms with Gasteiger partial charge in [-0.05, 0) is 44.8 Å². The van der Waals surface area contributed by atoms with Crippen molar-refractivity contribution in [3.63, 3.8) is 0 Å². The summed E-state index contributed by atoms with van der Waals surface area (Å²) < 4.78 is 38.8. The lowest BCUT2D eigenvalue weighted by Gasteiger charge is -2.32. The summed E-state index contributed by atoms with van der Waals surface area (Å²) in [5.41, 5.74) is -1.41. The van der Waals surface area contributed by atoms with Gasteiger partial charge in [0.1, 0.15) is 0 Å². The third-order valence-electron chi connectivity index (χ3n) is 4.76. The first-order valence-electron chi connectivity index (χ1n) is 7.47. The second kappa shape index (κ2) is 5.53. The van der Waals surface area contributed by atoms with Crippen LogP contribution in [0.15, 0.2) is 18.5 Å². The van der Waals surface area contributed by atoms with Crippen LogP contribution in [0.5, 0.6) is 0 Å². The van der Waals surface area contributed by atoms with Crippen LogP contribution in [-0.4, -0.2) is 41.0 Å². The van der Waals surface area contributed by atoms with Crippen LogP contribution in [0.3, 0.4) is 0 Å². The van der Waals surface area contributed by atoms with E-state index in [9.17, 15) is 18.0 Å². The minimum absolute atomic E-state index is 0.0593. The van der Waals surface area contributed by atoms with Crippen molar-refractivity contribution in [2.24, 2.45) is 0 Å². The number of carbonyl (C=O) groups excluding carboxylic acids is 1. The number of nitrogens with one attached hydrogen (secondary N) is 1. The quantitative estimate of drug-likeness (QED) is 0.932. The Balaban J connectivity index is 1.73. The van der Waals surface area contributed by atoms with E-state index >= 15 is 0 Å². The second-order valence-corrected chi connectivity index (χ2v) is 6.02. The van der Waals surface area contributed by atoms with E-state index in [1.807, 2.05) is 0 Å². The Labute approximate surface area is 126 Å². The monoisotopic (exact) mass is 313 g/mol. The molecule has 0 unspecified atom stereocenters. The molecular weight excluding hydrogens is 295 g/mol. The van der Waals surface area contributed by atoms with Crippen LogP contribution in [0.2, 0.25) is 0 Å². The van der Waals surface area contributed by atoms with Gasteiger partial charge in [0.25, 0.3) is 5.91 Å². The molecule has 0 atom stereocenters. The maximum atomic E-state index is 12.9. The summed E-state index contributed by atoms with van der Waals surface area (Å²) in [7, 11) is 0. The molecule has 0 radical (unpaired) electrons. The van der Waals surface area contributed by atoms with Gasteiger partial charge in [0.2, 0.25) is 0 Å². The zero-order valence-corrected chi connectivity index (χ0v) is 12.1. The molecule has 1 amide bonds. The molecule has 2 aliphatic heterocycles. The van der Waals surface area contributed by atoms with Crippen LogP contribution in [0, 0.1) is 0 Å². The summed E-state index contributed by atoms with van der Waals surface area (Å²) in [4.78, 5) is 18.2. The molecule has 1 N–H and O–H groups in total. The molecule has 120 valence electrons. The first-order chi connectivity index (χ1) is 10.4. The van der Waals surface area contributed by atoms with E-state index < -0.39 is 23.2 Å². The highest BCUT2D eigenvalue weighted by molar-refractivity contribution is 5.95. The Bertz CT molecular complexity index is 563. The number of amides is 1. The van der Waals surface area contributed by atoms with Crippen molar-refractivity contribution in [3.05, 3.63) is 29.6 Å². The third kappa shape index (κ3) is 2.69. The van der Waals surface area contributed by atoms with Gasteiger partial charge in [-0.2, -0.15) is 13.2 Å². The molecule has 2 aliphatic rings. The topological polar surface area (TPSA) is 45.2 Å². The van der Waals surface area contributed by atoms with Crippen LogP contribution >= 0.6 is 0 Å². The van der Waals surface area contributed by atoms with Gasteiger partial charge >= 0.3 is 6.18 Å². The number of hydrogen-bond donors (Lipinski definition) is 1. The molecule has 7 heteroatoms. The first kappa shape index (κ1) is 15.3. The molecule has 4 nitrogen and oxygen atoms in total. The average molecular weight is 313 g/mol. The highest BCUT2D eigenvalue weighted by Crippen LogP contribution is 2.38. The van der Waals surface area contributed by atoms with E-state index in [2.05, 4.69) is 15.2 Å². The minimum Gasteiger partial charge on any atom is -0.350 e. The predicted octanol–water partition coefficient (Wildman–Crippen LogP) is 2.46. The highest BCUT2D eigenvalue weighted by Gasteiger charge is 2.44. The Hall–Kier alpha value is -1.63. The van der Waals surface area contributed by atoms with Crippen molar-refractivity contribution in [1.82, 2.24) is 15.2 Å². The van der Waals surface area contributed by atoms with Crippen LogP contribution < -0.4 is 5.32 Å². The standard InChI is InChI=1S/C15H18F3N3O/c16-15(17,18)12-3-6-19-9-11(12)13(22)20-10-14-4-1-7-21(14)8-2-5-14/h3,6,9H,1-2,4-5,7-8,10H2,(H,20,22). The number of halogens is 3. The molecule has 0 spiro atoms. The minimum atomic E-state index is -4.55. The molecule has 0 aromatic carbocycles. The zero-order chi connectivity index (χ0) is 15.8. The molecule has 2 saturated heterocycles. The van der Waals surface area contributed by atoms with Gasteiger partial charge in [0.15, 0.2) is 0 Å². The molecule has 0 aliphatic carbocycles. The van der Waals surface area contributed by atoms with E-state index in [0.29, 0.717) is 6.54 Å². The van der Waals surface area contributed by atoms with Crippen LogP contribution in [-0.2, 0) is 6.18 Å². The van der Waals surface area contributed by atoms with Gasteiger partial charge in [-0.3, -0.25) is 14.7 Å². The molecular formula is C15H18F3N3O. The van der Waals surface area contributed by atoms with E-state index in [1.165, 1.54) is 0 Å². The fraction of sp³-hybridized carbons (Fsp3) is 0.600. The largest absolute Gasteiger partial charge is 0.417 e. The summed E-state index contributed by atoms with van der Waals surface area (Å²) in [5, 5.41) is 2.69. The van der Waals surface area contributed by atoms with E-state index in [-0.39, 0.29) is 5.54 Å². The summed E-state index contributed by atoms with van der Waals surface area (Å²) in [6.07, 6.45) is 1.62. The van der Waals surface area contributed by atoms with Gasteiger partial charge < -0.3 is 5.32 Å². The lowest BCUT2D eigenvalue weighted by atomic mass is 9.94. The number of aromatic nitrogens is 1. The van der Waals surface area contributed by atoms with Crippen molar-refractivity contribution in [1.29, 1.82) is 0 Å².